The molecule has 0 N–H and O–H groups in total. The smallest absolute Gasteiger partial charge is 0.149 e. The lowest BCUT2D eigenvalue weighted by molar-refractivity contribution is 0.183. The van der Waals surface area contributed by atoms with Gasteiger partial charge in [0.15, 0.2) is 0 Å². The molecule has 2 aliphatic heterocycles. The van der Waals surface area contributed by atoms with E-state index in [1.165, 1.54) is 32.4 Å². The molecule has 0 bridgehead atoms. The van der Waals surface area contributed by atoms with Gasteiger partial charge in [-0.1, -0.05) is 48.9 Å². The fourth-order valence-electron chi connectivity index (χ4n) is 4.62. The fraction of sp³-hybridized carbons (Fsp3) is 0.310. The molecule has 2 aliphatic rings. The van der Waals surface area contributed by atoms with E-state index in [0.29, 0.717) is 0 Å². The summed E-state index contributed by atoms with van der Waals surface area (Å²) in [5.41, 5.74) is 4.46. The first kappa shape index (κ1) is 24.2. The Kier molecular flexibility index (Phi) is 8.15. The molecule has 4 nitrogen and oxygen atoms in total. The van der Waals surface area contributed by atoms with Gasteiger partial charge >= 0.3 is 0 Å². The van der Waals surface area contributed by atoms with Gasteiger partial charge in [-0.3, -0.25) is 4.90 Å². The lowest BCUT2D eigenvalue weighted by Gasteiger charge is -2.28. The normalized spacial score (nSPS) is 17.6. The number of fused-ring (bicyclic) bond motifs is 1. The maximum atomic E-state index is 6.49. The third-order valence-corrected chi connectivity index (χ3v) is 6.49. The number of halogens is 1. The van der Waals surface area contributed by atoms with E-state index in [2.05, 4.69) is 53.4 Å². The van der Waals surface area contributed by atoms with Gasteiger partial charge in [0.25, 0.3) is 0 Å². The number of hydrogen-bond donors (Lipinski definition) is 0. The summed E-state index contributed by atoms with van der Waals surface area (Å²) in [6, 6.07) is 24.7. The highest BCUT2D eigenvalue weighted by molar-refractivity contribution is 5.88. The first-order chi connectivity index (χ1) is 16.3. The van der Waals surface area contributed by atoms with E-state index >= 15 is 0 Å². The van der Waals surface area contributed by atoms with Crippen LogP contribution in [0.15, 0.2) is 72.8 Å². The molecule has 0 aliphatic carbocycles. The van der Waals surface area contributed by atoms with Crippen molar-refractivity contribution in [3.63, 3.8) is 0 Å². The van der Waals surface area contributed by atoms with E-state index in [1.807, 2.05) is 30.3 Å². The standard InChI is InChI=1S/C29H31NO3.ClH/c1-31-25-13-9-22(10-14-25)27-21-24-7-3-4-8-28(24)33-29(27)23-11-15-26(16-12-23)32-20-19-30-17-5-2-6-18-30;/h3-4,7-16,21,29H,2,5-6,17-20H2,1H3;1H. The lowest BCUT2D eigenvalue weighted by Crippen LogP contribution is -2.33. The molecule has 1 saturated heterocycles. The minimum Gasteiger partial charge on any atom is -0.497 e. The van der Waals surface area contributed by atoms with Crippen LogP contribution in [0.5, 0.6) is 17.2 Å². The summed E-state index contributed by atoms with van der Waals surface area (Å²) in [7, 11) is 1.69. The van der Waals surface area contributed by atoms with Gasteiger partial charge in [-0.2, -0.15) is 0 Å². The highest BCUT2D eigenvalue weighted by Crippen LogP contribution is 2.42. The molecule has 2 heterocycles. The maximum Gasteiger partial charge on any atom is 0.149 e. The van der Waals surface area contributed by atoms with Crippen LogP contribution in [-0.4, -0.2) is 38.3 Å². The Morgan fingerprint density at radius 3 is 2.29 bits per heavy atom. The zero-order valence-electron chi connectivity index (χ0n) is 19.6. The van der Waals surface area contributed by atoms with E-state index in [9.17, 15) is 0 Å². The molecule has 34 heavy (non-hydrogen) atoms. The number of piperidine rings is 1. The predicted molar refractivity (Wildman–Crippen MR) is 140 cm³/mol. The Hall–Kier alpha value is -2.95. The molecule has 1 unspecified atom stereocenters. The Labute approximate surface area is 208 Å². The van der Waals surface area contributed by atoms with Crippen LogP contribution in [0.2, 0.25) is 0 Å². The van der Waals surface area contributed by atoms with Crippen LogP contribution in [0.4, 0.5) is 0 Å². The number of para-hydroxylation sites is 1. The van der Waals surface area contributed by atoms with E-state index in [1.54, 1.807) is 7.11 Å². The maximum absolute atomic E-state index is 6.49. The van der Waals surface area contributed by atoms with E-state index in [0.717, 1.165) is 52.7 Å². The number of ether oxygens (including phenoxy) is 3. The highest BCUT2D eigenvalue weighted by atomic mass is 35.5. The van der Waals surface area contributed by atoms with Crippen LogP contribution >= 0.6 is 12.4 Å². The van der Waals surface area contributed by atoms with E-state index < -0.39 is 0 Å². The van der Waals surface area contributed by atoms with Gasteiger partial charge in [0.1, 0.15) is 30.0 Å². The third kappa shape index (κ3) is 5.57. The molecule has 0 spiro atoms. The van der Waals surface area contributed by atoms with Crippen molar-refractivity contribution in [1.82, 2.24) is 4.90 Å². The van der Waals surface area contributed by atoms with E-state index in [4.69, 9.17) is 14.2 Å². The highest BCUT2D eigenvalue weighted by Gasteiger charge is 2.25. The van der Waals surface area contributed by atoms with Crippen molar-refractivity contribution in [2.45, 2.75) is 25.4 Å². The number of hydrogen-bond acceptors (Lipinski definition) is 4. The van der Waals surface area contributed by atoms with Gasteiger partial charge in [0.2, 0.25) is 0 Å². The molecule has 5 heteroatoms. The van der Waals surface area contributed by atoms with Gasteiger partial charge in [-0.15, -0.1) is 12.4 Å². The average molecular weight is 478 g/mol. The summed E-state index contributed by atoms with van der Waals surface area (Å²) < 4.78 is 17.9. The fourth-order valence-corrected chi connectivity index (χ4v) is 4.62. The van der Waals surface area contributed by atoms with Crippen molar-refractivity contribution < 1.29 is 14.2 Å². The molecule has 0 radical (unpaired) electrons. The Balaban J connectivity index is 0.00000274. The Morgan fingerprint density at radius 1 is 0.853 bits per heavy atom. The van der Waals surface area contributed by atoms with Crippen molar-refractivity contribution in [2.24, 2.45) is 0 Å². The number of methoxy groups -OCH3 is 1. The molecule has 5 rings (SSSR count). The van der Waals surface area contributed by atoms with Crippen molar-refractivity contribution in [1.29, 1.82) is 0 Å². The minimum atomic E-state index is -0.185. The minimum absolute atomic E-state index is 0. The molecule has 178 valence electrons. The van der Waals surface area contributed by atoms with Gasteiger partial charge < -0.3 is 14.2 Å². The van der Waals surface area contributed by atoms with Gasteiger partial charge in [-0.05, 0) is 73.5 Å². The summed E-state index contributed by atoms with van der Waals surface area (Å²) in [6.45, 7) is 4.12. The molecule has 0 saturated carbocycles. The van der Waals surface area contributed by atoms with Crippen LogP contribution in [0.1, 0.15) is 42.1 Å². The molecule has 3 aromatic rings. The number of likely N-dealkylation sites (tertiary alicyclic amines) is 1. The van der Waals surface area contributed by atoms with Gasteiger partial charge in [0.05, 0.1) is 7.11 Å². The molecular weight excluding hydrogens is 446 g/mol. The number of benzene rings is 3. The summed E-state index contributed by atoms with van der Waals surface area (Å²) >= 11 is 0. The summed E-state index contributed by atoms with van der Waals surface area (Å²) in [6.07, 6.45) is 6.02. The lowest BCUT2D eigenvalue weighted by atomic mass is 9.91. The molecular formula is C29H32ClNO3. The van der Waals surface area contributed by atoms with Crippen molar-refractivity contribution in [3.8, 4) is 17.2 Å². The van der Waals surface area contributed by atoms with Crippen LogP contribution in [0.3, 0.4) is 0 Å². The second-order valence-corrected chi connectivity index (χ2v) is 8.68. The predicted octanol–water partition coefficient (Wildman–Crippen LogP) is 6.66. The van der Waals surface area contributed by atoms with Crippen molar-refractivity contribution in [2.75, 3.05) is 33.4 Å². The quantitative estimate of drug-likeness (QED) is 0.381. The molecule has 0 amide bonds. The first-order valence-corrected chi connectivity index (χ1v) is 11.9. The van der Waals surface area contributed by atoms with Crippen molar-refractivity contribution in [3.05, 3.63) is 89.5 Å². The molecule has 1 fully saturated rings. The molecule has 1 atom stereocenters. The topological polar surface area (TPSA) is 30.9 Å². The Bertz CT molecular complexity index is 1090. The van der Waals surface area contributed by atoms with Crippen LogP contribution in [0.25, 0.3) is 11.6 Å². The zero-order valence-corrected chi connectivity index (χ0v) is 20.4. The SMILES string of the molecule is COc1ccc(C2=Cc3ccccc3OC2c2ccc(OCCN3CCCCC3)cc2)cc1.Cl. The average Bonchev–Trinajstić information content (AvgIpc) is 2.89. The van der Waals surface area contributed by atoms with Gasteiger partial charge in [0, 0.05) is 17.7 Å². The van der Waals surface area contributed by atoms with Crippen LogP contribution < -0.4 is 14.2 Å². The van der Waals surface area contributed by atoms with E-state index in [-0.39, 0.29) is 18.5 Å². The molecule has 3 aromatic carbocycles. The van der Waals surface area contributed by atoms with Crippen molar-refractivity contribution >= 4 is 24.1 Å². The number of nitrogens with zero attached hydrogens (tertiary/aromatic N) is 1. The Morgan fingerprint density at radius 2 is 1.56 bits per heavy atom. The largest absolute Gasteiger partial charge is 0.497 e. The zero-order chi connectivity index (χ0) is 22.5. The van der Waals surface area contributed by atoms with Crippen LogP contribution in [0, 0.1) is 0 Å². The third-order valence-electron chi connectivity index (χ3n) is 6.49. The summed E-state index contributed by atoms with van der Waals surface area (Å²) in [5.74, 6) is 2.66. The summed E-state index contributed by atoms with van der Waals surface area (Å²) in [5, 5.41) is 0. The number of rotatable bonds is 7. The first-order valence-electron chi connectivity index (χ1n) is 11.9. The summed E-state index contributed by atoms with van der Waals surface area (Å²) in [4.78, 5) is 2.50. The second-order valence-electron chi connectivity index (χ2n) is 8.68. The van der Waals surface area contributed by atoms with Crippen LogP contribution in [-0.2, 0) is 0 Å². The second kappa shape index (κ2) is 11.5. The molecule has 0 aromatic heterocycles. The van der Waals surface area contributed by atoms with Gasteiger partial charge in [-0.25, -0.2) is 0 Å². The monoisotopic (exact) mass is 477 g/mol.